The maximum Gasteiger partial charge on any atom is 0.246 e. The zero-order valence-electron chi connectivity index (χ0n) is 9.25. The van der Waals surface area contributed by atoms with Crippen molar-refractivity contribution in [2.24, 2.45) is 0 Å². The van der Waals surface area contributed by atoms with Crippen LogP contribution in [-0.4, -0.2) is 12.1 Å². The van der Waals surface area contributed by atoms with Crippen LogP contribution in [0.5, 0.6) is 5.75 Å². The van der Waals surface area contributed by atoms with Crippen molar-refractivity contribution >= 4 is 22.1 Å². The van der Waals surface area contributed by atoms with Crippen molar-refractivity contribution in [3.05, 3.63) is 47.7 Å². The predicted octanol–water partition coefficient (Wildman–Crippen LogP) is 2.03. The average Bonchev–Trinajstić information content (AvgIpc) is 2.38. The second kappa shape index (κ2) is 3.59. The highest BCUT2D eigenvalue weighted by atomic mass is 16.5. The normalized spacial score (nSPS) is 10.9. The van der Waals surface area contributed by atoms with Gasteiger partial charge in [-0.2, -0.15) is 4.73 Å². The lowest BCUT2D eigenvalue weighted by Crippen LogP contribution is -2.28. The molecule has 0 saturated carbocycles. The van der Waals surface area contributed by atoms with Gasteiger partial charge in [-0.1, -0.05) is 18.2 Å². The van der Waals surface area contributed by atoms with E-state index in [1.54, 1.807) is 31.4 Å². The highest BCUT2D eigenvalue weighted by molar-refractivity contribution is 5.85. The molecule has 3 rings (SSSR count). The molecular formula is C13H10N2O2. The van der Waals surface area contributed by atoms with Crippen LogP contribution in [0.2, 0.25) is 0 Å². The number of ether oxygens (including phenoxy) is 1. The minimum absolute atomic E-state index is 0.517. The van der Waals surface area contributed by atoms with Gasteiger partial charge in [0.05, 0.1) is 7.11 Å². The monoisotopic (exact) mass is 226 g/mol. The van der Waals surface area contributed by atoms with E-state index in [9.17, 15) is 5.21 Å². The smallest absolute Gasteiger partial charge is 0.246 e. The summed E-state index contributed by atoms with van der Waals surface area (Å²) in [5.41, 5.74) is 2.33. The number of hydrogen-bond acceptors (Lipinski definition) is 3. The summed E-state index contributed by atoms with van der Waals surface area (Å²) in [4.78, 5) is 4.46. The molecular weight excluding hydrogens is 216 g/mol. The quantitative estimate of drug-likeness (QED) is 0.362. The highest BCUT2D eigenvalue weighted by Crippen LogP contribution is 2.22. The van der Waals surface area contributed by atoms with Gasteiger partial charge in [0.2, 0.25) is 11.0 Å². The molecule has 0 N–H and O–H groups in total. The van der Waals surface area contributed by atoms with Crippen molar-refractivity contribution in [3.8, 4) is 5.75 Å². The van der Waals surface area contributed by atoms with E-state index in [0.29, 0.717) is 27.8 Å². The Hall–Kier alpha value is -2.36. The molecule has 0 fully saturated rings. The van der Waals surface area contributed by atoms with Gasteiger partial charge in [-0.15, -0.1) is 0 Å². The Labute approximate surface area is 97.7 Å². The maximum absolute atomic E-state index is 12.2. The van der Waals surface area contributed by atoms with E-state index in [2.05, 4.69) is 4.98 Å². The van der Waals surface area contributed by atoms with Gasteiger partial charge in [0, 0.05) is 12.1 Å². The second-order valence-electron chi connectivity index (χ2n) is 3.72. The van der Waals surface area contributed by atoms with Crippen molar-refractivity contribution < 1.29 is 9.47 Å². The third kappa shape index (κ3) is 1.38. The topological polar surface area (TPSA) is 49.1 Å². The number of hydrogen-bond donors (Lipinski definition) is 0. The zero-order valence-corrected chi connectivity index (χ0v) is 9.25. The summed E-state index contributed by atoms with van der Waals surface area (Å²) in [6, 6.07) is 12.6. The summed E-state index contributed by atoms with van der Waals surface area (Å²) in [5.74, 6) is 0.609. The third-order valence-electron chi connectivity index (χ3n) is 2.75. The minimum Gasteiger partial charge on any atom is -0.618 e. The van der Waals surface area contributed by atoms with E-state index in [4.69, 9.17) is 4.74 Å². The minimum atomic E-state index is 0.517. The summed E-state index contributed by atoms with van der Waals surface area (Å²) in [7, 11) is 1.57. The number of fused-ring (bicyclic) bond motifs is 2. The molecule has 4 nitrogen and oxygen atoms in total. The van der Waals surface area contributed by atoms with Crippen LogP contribution < -0.4 is 9.47 Å². The van der Waals surface area contributed by atoms with Crippen molar-refractivity contribution in [1.82, 2.24) is 4.98 Å². The Morgan fingerprint density at radius 3 is 2.65 bits per heavy atom. The average molecular weight is 226 g/mol. The Morgan fingerprint density at radius 1 is 1.06 bits per heavy atom. The van der Waals surface area contributed by atoms with Crippen LogP contribution in [0.3, 0.4) is 0 Å². The van der Waals surface area contributed by atoms with Gasteiger partial charge in [-0.05, 0) is 12.1 Å². The first-order valence-corrected chi connectivity index (χ1v) is 5.26. The van der Waals surface area contributed by atoms with E-state index in [0.717, 1.165) is 4.73 Å². The molecule has 0 aliphatic rings. The van der Waals surface area contributed by atoms with E-state index in [-0.39, 0.29) is 0 Å². The molecule has 84 valence electrons. The Kier molecular flexibility index (Phi) is 2.08. The molecule has 0 aliphatic carbocycles. The van der Waals surface area contributed by atoms with Crippen molar-refractivity contribution in [3.63, 3.8) is 0 Å². The van der Waals surface area contributed by atoms with E-state index in [1.807, 2.05) is 18.2 Å². The van der Waals surface area contributed by atoms with Gasteiger partial charge in [0.15, 0.2) is 11.3 Å². The maximum atomic E-state index is 12.2. The molecule has 17 heavy (non-hydrogen) atoms. The molecule has 0 saturated heterocycles. The third-order valence-corrected chi connectivity index (χ3v) is 2.75. The van der Waals surface area contributed by atoms with E-state index < -0.39 is 0 Å². The van der Waals surface area contributed by atoms with Gasteiger partial charge in [-0.25, -0.2) is 4.98 Å². The number of aromatic nitrogens is 2. The first-order valence-electron chi connectivity index (χ1n) is 5.26. The first-order chi connectivity index (χ1) is 8.31. The van der Waals surface area contributed by atoms with E-state index >= 15 is 0 Å². The van der Waals surface area contributed by atoms with Gasteiger partial charge < -0.3 is 9.94 Å². The molecule has 0 spiro atoms. The lowest BCUT2D eigenvalue weighted by Gasteiger charge is -2.07. The summed E-state index contributed by atoms with van der Waals surface area (Å²) in [5, 5.41) is 12.2. The molecule has 0 unspecified atom stereocenters. The van der Waals surface area contributed by atoms with Gasteiger partial charge in [0.25, 0.3) is 0 Å². The molecule has 3 aromatic rings. The standard InChI is InChI=1S/C13H10N2O2/c1-17-12-8-4-7-11-13(12)14-9-5-2-3-6-10(9)15(11)16/h2-8H,1H3. The molecule has 1 aromatic heterocycles. The van der Waals surface area contributed by atoms with Crippen LogP contribution in [0, 0.1) is 5.21 Å². The number of benzene rings is 2. The zero-order chi connectivity index (χ0) is 11.8. The fraction of sp³-hybridized carbons (Fsp3) is 0.0769. The van der Waals surface area contributed by atoms with E-state index in [1.165, 1.54) is 0 Å². The lowest BCUT2D eigenvalue weighted by atomic mass is 10.2. The molecule has 0 aliphatic heterocycles. The molecule has 0 radical (unpaired) electrons. The molecule has 0 bridgehead atoms. The van der Waals surface area contributed by atoms with Gasteiger partial charge in [0.1, 0.15) is 5.52 Å². The van der Waals surface area contributed by atoms with Crippen LogP contribution in [-0.2, 0) is 0 Å². The summed E-state index contributed by atoms with van der Waals surface area (Å²) in [6.07, 6.45) is 0. The molecule has 4 heteroatoms. The number of methoxy groups -OCH3 is 1. The Balaban J connectivity index is 2.54. The number of rotatable bonds is 1. The molecule has 1 heterocycles. The van der Waals surface area contributed by atoms with Crippen LogP contribution in [0.1, 0.15) is 0 Å². The fourth-order valence-electron chi connectivity index (χ4n) is 1.93. The summed E-state index contributed by atoms with van der Waals surface area (Å²) < 4.78 is 6.11. The van der Waals surface area contributed by atoms with Crippen molar-refractivity contribution in [2.45, 2.75) is 0 Å². The van der Waals surface area contributed by atoms with Crippen LogP contribution in [0.15, 0.2) is 42.5 Å². The Morgan fingerprint density at radius 2 is 1.82 bits per heavy atom. The predicted molar refractivity (Wildman–Crippen MR) is 64.8 cm³/mol. The molecule has 0 amide bonds. The van der Waals surface area contributed by atoms with Gasteiger partial charge in [-0.3, -0.25) is 0 Å². The van der Waals surface area contributed by atoms with Crippen molar-refractivity contribution in [1.29, 1.82) is 0 Å². The van der Waals surface area contributed by atoms with Crippen LogP contribution in [0.4, 0.5) is 0 Å². The van der Waals surface area contributed by atoms with Crippen molar-refractivity contribution in [2.75, 3.05) is 7.11 Å². The van der Waals surface area contributed by atoms with Crippen LogP contribution >= 0.6 is 0 Å². The number of nitrogens with zero attached hydrogens (tertiary/aromatic N) is 2. The summed E-state index contributed by atoms with van der Waals surface area (Å²) in [6.45, 7) is 0. The molecule has 2 aromatic carbocycles. The fourth-order valence-corrected chi connectivity index (χ4v) is 1.93. The summed E-state index contributed by atoms with van der Waals surface area (Å²) >= 11 is 0. The second-order valence-corrected chi connectivity index (χ2v) is 3.72. The van der Waals surface area contributed by atoms with Gasteiger partial charge >= 0.3 is 0 Å². The number of para-hydroxylation sites is 3. The molecule has 0 atom stereocenters. The largest absolute Gasteiger partial charge is 0.618 e. The highest BCUT2D eigenvalue weighted by Gasteiger charge is 2.14. The Bertz CT molecular complexity index is 710. The van der Waals surface area contributed by atoms with Crippen LogP contribution in [0.25, 0.3) is 22.1 Å². The first kappa shape index (κ1) is 9.84. The SMILES string of the molecule is COc1cccc2c1nc1ccccc1[n+]2[O-]. The lowest BCUT2D eigenvalue weighted by molar-refractivity contribution is -0.548.